The van der Waals surface area contributed by atoms with Crippen LogP contribution in [0.2, 0.25) is 0 Å². The van der Waals surface area contributed by atoms with E-state index in [1.807, 2.05) is 0 Å². The van der Waals surface area contributed by atoms with Crippen molar-refractivity contribution in [3.63, 3.8) is 0 Å². The average molecular weight is 341 g/mol. The lowest BCUT2D eigenvalue weighted by Crippen LogP contribution is -2.44. The predicted molar refractivity (Wildman–Crippen MR) is 83.3 cm³/mol. The van der Waals surface area contributed by atoms with Gasteiger partial charge in [0.25, 0.3) is 5.91 Å². The number of ketones is 1. The first-order valence-electron chi connectivity index (χ1n) is 6.96. The van der Waals surface area contributed by atoms with Crippen LogP contribution < -0.4 is 5.32 Å². The molecular formula is C14H19N3O5S. The number of ether oxygens (including phenoxy) is 1. The molecule has 0 fully saturated rings. The molecule has 0 spiro atoms. The topological polar surface area (TPSA) is 129 Å². The Labute approximate surface area is 137 Å². The summed E-state index contributed by atoms with van der Waals surface area (Å²) >= 11 is 1.11. The van der Waals surface area contributed by atoms with Gasteiger partial charge in [-0.2, -0.15) is 0 Å². The van der Waals surface area contributed by atoms with Crippen molar-refractivity contribution in [2.45, 2.75) is 44.9 Å². The summed E-state index contributed by atoms with van der Waals surface area (Å²) in [5.41, 5.74) is 0. The first kappa shape index (κ1) is 18.9. The minimum Gasteiger partial charge on any atom is -0.461 e. The zero-order valence-electron chi connectivity index (χ0n) is 12.8. The van der Waals surface area contributed by atoms with Crippen LogP contribution in [0.1, 0.15) is 37.8 Å². The lowest BCUT2D eigenvalue weighted by atomic mass is 10.1. The Balaban J connectivity index is 2.74. The number of aliphatic hydroxyl groups is 1. The zero-order valence-corrected chi connectivity index (χ0v) is 13.6. The van der Waals surface area contributed by atoms with Crippen LogP contribution in [0.25, 0.3) is 0 Å². The second kappa shape index (κ2) is 9.11. The molecule has 0 radical (unpaired) electrons. The molecule has 0 unspecified atom stereocenters. The molecule has 0 saturated carbocycles. The minimum atomic E-state index is -1.50. The quantitative estimate of drug-likeness (QED) is 0.446. The van der Waals surface area contributed by atoms with Gasteiger partial charge >= 0.3 is 5.97 Å². The van der Waals surface area contributed by atoms with Gasteiger partial charge in [0, 0.05) is 18.0 Å². The van der Waals surface area contributed by atoms with Crippen molar-refractivity contribution in [1.82, 2.24) is 10.3 Å². The smallest absolute Gasteiger partial charge is 0.328 e. The summed E-state index contributed by atoms with van der Waals surface area (Å²) in [6, 6.07) is -1.08. The number of hydrogen-bond donors (Lipinski definition) is 3. The molecule has 0 aliphatic rings. The fourth-order valence-corrected chi connectivity index (χ4v) is 2.27. The molecule has 3 N–H and O–H groups in total. The van der Waals surface area contributed by atoms with Gasteiger partial charge in [0.2, 0.25) is 0 Å². The Kier molecular flexibility index (Phi) is 7.49. The summed E-state index contributed by atoms with van der Waals surface area (Å²) in [7, 11) is 0. The maximum Gasteiger partial charge on any atom is 0.328 e. The molecule has 1 rings (SSSR count). The molecule has 126 valence electrons. The van der Waals surface area contributed by atoms with Crippen molar-refractivity contribution in [2.75, 3.05) is 0 Å². The van der Waals surface area contributed by atoms with Crippen molar-refractivity contribution in [1.29, 1.82) is 5.41 Å². The summed E-state index contributed by atoms with van der Waals surface area (Å²) in [4.78, 5) is 39.1. The van der Waals surface area contributed by atoms with Gasteiger partial charge in [0.1, 0.15) is 11.0 Å². The lowest BCUT2D eigenvalue weighted by Gasteiger charge is -2.19. The molecule has 9 heteroatoms. The highest BCUT2D eigenvalue weighted by atomic mass is 32.1. The highest BCUT2D eigenvalue weighted by Crippen LogP contribution is 2.16. The molecule has 1 aromatic rings. The van der Waals surface area contributed by atoms with E-state index < -0.39 is 29.8 Å². The van der Waals surface area contributed by atoms with E-state index in [1.54, 1.807) is 19.2 Å². The summed E-state index contributed by atoms with van der Waals surface area (Å²) in [6.45, 7) is 3.31. The van der Waals surface area contributed by atoms with E-state index in [-0.39, 0.29) is 24.0 Å². The van der Waals surface area contributed by atoms with Gasteiger partial charge in [-0.25, -0.2) is 9.78 Å². The van der Waals surface area contributed by atoms with Crippen molar-refractivity contribution < 1.29 is 24.2 Å². The molecule has 23 heavy (non-hydrogen) atoms. The number of nitrogens with zero attached hydrogens (tertiary/aromatic N) is 1. The van der Waals surface area contributed by atoms with E-state index in [0.717, 1.165) is 11.3 Å². The first-order chi connectivity index (χ1) is 10.8. The molecule has 8 nitrogen and oxygen atoms in total. The van der Waals surface area contributed by atoms with E-state index in [2.05, 4.69) is 10.3 Å². The number of carbonyl (C=O) groups excluding carboxylic acids is 3. The number of hydrogen-bond acceptors (Lipinski definition) is 8. The summed E-state index contributed by atoms with van der Waals surface area (Å²) in [6.07, 6.45) is 0.110. The van der Waals surface area contributed by atoms with Crippen molar-refractivity contribution >= 4 is 35.2 Å². The van der Waals surface area contributed by atoms with Gasteiger partial charge in [-0.15, -0.1) is 11.3 Å². The van der Waals surface area contributed by atoms with Gasteiger partial charge in [0.15, 0.2) is 11.9 Å². The first-order valence-corrected chi connectivity index (χ1v) is 7.84. The number of aromatic nitrogens is 1. The maximum absolute atomic E-state index is 12.0. The monoisotopic (exact) mass is 341 g/mol. The molecule has 1 heterocycles. The van der Waals surface area contributed by atoms with Gasteiger partial charge in [-0.3, -0.25) is 9.59 Å². The van der Waals surface area contributed by atoms with E-state index in [0.29, 0.717) is 6.21 Å². The number of Topliss-reactive ketones (excluding diaryl/α,β-unsaturated/α-hetero) is 1. The van der Waals surface area contributed by atoms with E-state index in [1.165, 1.54) is 6.20 Å². The fraction of sp³-hybridized carbons (Fsp3) is 0.500. The van der Waals surface area contributed by atoms with Crippen molar-refractivity contribution in [2.24, 2.45) is 0 Å². The molecule has 0 aromatic carbocycles. The highest BCUT2D eigenvalue weighted by Gasteiger charge is 2.28. The number of carbonyl (C=O) groups is 3. The molecule has 0 aliphatic carbocycles. The highest BCUT2D eigenvalue weighted by molar-refractivity contribution is 7.09. The minimum absolute atomic E-state index is 0.0178. The van der Waals surface area contributed by atoms with Crippen LogP contribution in [0, 0.1) is 5.41 Å². The molecule has 0 bridgehead atoms. The van der Waals surface area contributed by atoms with Crippen LogP contribution in [0.5, 0.6) is 0 Å². The molecular weight excluding hydrogens is 322 g/mol. The van der Waals surface area contributed by atoms with Crippen LogP contribution in [-0.2, 0) is 19.1 Å². The van der Waals surface area contributed by atoms with Gasteiger partial charge in [-0.05, 0) is 20.3 Å². The van der Waals surface area contributed by atoms with Crippen LogP contribution in [-0.4, -0.2) is 46.1 Å². The van der Waals surface area contributed by atoms with Crippen LogP contribution >= 0.6 is 11.3 Å². The summed E-state index contributed by atoms with van der Waals surface area (Å²) in [5.74, 6) is -1.97. The molecule has 1 amide bonds. The van der Waals surface area contributed by atoms with Crippen molar-refractivity contribution in [3.05, 3.63) is 16.6 Å². The third-order valence-corrected chi connectivity index (χ3v) is 3.55. The number of thiazole rings is 1. The number of nitrogens with one attached hydrogen (secondary N) is 2. The molecule has 0 saturated heterocycles. The summed E-state index contributed by atoms with van der Waals surface area (Å²) in [5, 5.41) is 20.9. The second-order valence-corrected chi connectivity index (χ2v) is 5.90. The Bertz CT molecular complexity index is 559. The molecule has 1 aromatic heterocycles. The predicted octanol–water partition coefficient (Wildman–Crippen LogP) is 0.612. The summed E-state index contributed by atoms with van der Waals surface area (Å²) < 4.78 is 5.03. The fourth-order valence-electron chi connectivity index (χ4n) is 1.65. The van der Waals surface area contributed by atoms with Gasteiger partial charge < -0.3 is 20.6 Å². The van der Waals surface area contributed by atoms with E-state index >= 15 is 0 Å². The van der Waals surface area contributed by atoms with E-state index in [9.17, 15) is 19.5 Å². The molecule has 2 atom stereocenters. The Hall–Kier alpha value is -2.13. The van der Waals surface area contributed by atoms with Crippen molar-refractivity contribution in [3.8, 4) is 0 Å². The average Bonchev–Trinajstić information content (AvgIpc) is 3.03. The number of rotatable bonds is 9. The third-order valence-electron chi connectivity index (χ3n) is 2.73. The Morgan fingerprint density at radius 3 is 2.70 bits per heavy atom. The zero-order chi connectivity index (χ0) is 17.4. The lowest BCUT2D eigenvalue weighted by molar-refractivity contribution is -0.152. The Morgan fingerprint density at radius 1 is 1.48 bits per heavy atom. The number of aliphatic hydroxyl groups excluding tert-OH is 1. The largest absolute Gasteiger partial charge is 0.461 e. The number of amides is 1. The second-order valence-electron chi connectivity index (χ2n) is 4.97. The molecule has 0 aliphatic heterocycles. The normalized spacial score (nSPS) is 13.2. The standard InChI is InChI=1S/C14H19N3O5S/c1-8(2)22-14(21)10(4-3-9(18)7-15)17-12(20)11(19)13-16-5-6-23-13/h5-8,10-11,15,19H,3-4H2,1-2H3,(H,17,20)/t10-,11-/m0/s1. The number of esters is 1. The SMILES string of the molecule is CC(C)OC(=O)[C@H](CCC(=O)C=N)NC(=O)[C@H](O)c1nccs1. The van der Waals surface area contributed by atoms with Crippen LogP contribution in [0.3, 0.4) is 0 Å². The van der Waals surface area contributed by atoms with E-state index in [4.69, 9.17) is 10.1 Å². The van der Waals surface area contributed by atoms with Gasteiger partial charge in [0.05, 0.1) is 12.3 Å². The van der Waals surface area contributed by atoms with Crippen LogP contribution in [0.4, 0.5) is 0 Å². The maximum atomic E-state index is 12.0. The van der Waals surface area contributed by atoms with Crippen LogP contribution in [0.15, 0.2) is 11.6 Å². The third kappa shape index (κ3) is 6.25. The van der Waals surface area contributed by atoms with Gasteiger partial charge in [-0.1, -0.05) is 0 Å². The Morgan fingerprint density at radius 2 is 2.17 bits per heavy atom.